The Kier molecular flexibility index (Phi) is 5.57. The third-order valence-electron chi connectivity index (χ3n) is 4.67. The van der Waals surface area contributed by atoms with Crippen molar-refractivity contribution in [3.05, 3.63) is 81.8 Å². The van der Waals surface area contributed by atoms with Crippen LogP contribution in [0.15, 0.2) is 65.7 Å². The highest BCUT2D eigenvalue weighted by Crippen LogP contribution is 2.43. The standard InChI is InChI=1S/C22H17ClN2O4S/c1-2-29-16-8-6-13(7-9-16)19(26)17-18(14-4-3-5-15(23)12-14)25(21(28)20(17)27)22-24-10-11-30-22/h3-12,18,26H,2H2,1H3/t18-/m0/s1. The molecular formula is C22H17ClN2O4S. The van der Waals surface area contributed by atoms with Crippen molar-refractivity contribution >= 4 is 45.5 Å². The lowest BCUT2D eigenvalue weighted by Gasteiger charge is -2.23. The fourth-order valence-electron chi connectivity index (χ4n) is 3.39. The normalized spacial score (nSPS) is 18.1. The Labute approximate surface area is 182 Å². The van der Waals surface area contributed by atoms with Crippen molar-refractivity contribution in [1.82, 2.24) is 4.98 Å². The first-order valence-electron chi connectivity index (χ1n) is 9.20. The van der Waals surface area contributed by atoms with Gasteiger partial charge in [0.25, 0.3) is 5.78 Å². The van der Waals surface area contributed by atoms with Gasteiger partial charge in [-0.1, -0.05) is 23.7 Å². The van der Waals surface area contributed by atoms with Crippen molar-refractivity contribution in [3.63, 3.8) is 0 Å². The van der Waals surface area contributed by atoms with E-state index in [0.29, 0.717) is 33.6 Å². The van der Waals surface area contributed by atoms with Crippen LogP contribution in [-0.4, -0.2) is 28.4 Å². The summed E-state index contributed by atoms with van der Waals surface area (Å²) in [5.74, 6) is -1.15. The smallest absolute Gasteiger partial charge is 0.301 e. The molecule has 2 aromatic carbocycles. The minimum absolute atomic E-state index is 0.0124. The van der Waals surface area contributed by atoms with Gasteiger partial charge in [0.05, 0.1) is 18.2 Å². The van der Waals surface area contributed by atoms with Gasteiger partial charge in [0.2, 0.25) is 0 Å². The monoisotopic (exact) mass is 440 g/mol. The predicted molar refractivity (Wildman–Crippen MR) is 116 cm³/mol. The largest absolute Gasteiger partial charge is 0.507 e. The molecule has 4 rings (SSSR count). The molecule has 6 nitrogen and oxygen atoms in total. The van der Waals surface area contributed by atoms with Crippen molar-refractivity contribution < 1.29 is 19.4 Å². The highest BCUT2D eigenvalue weighted by molar-refractivity contribution is 7.14. The van der Waals surface area contributed by atoms with Gasteiger partial charge in [-0.2, -0.15) is 0 Å². The molecule has 8 heteroatoms. The summed E-state index contributed by atoms with van der Waals surface area (Å²) < 4.78 is 5.43. The second-order valence-corrected chi connectivity index (χ2v) is 7.81. The quantitative estimate of drug-likeness (QED) is 0.349. The average Bonchev–Trinajstić information content (AvgIpc) is 3.35. The van der Waals surface area contributed by atoms with E-state index in [0.717, 1.165) is 0 Å². The zero-order valence-electron chi connectivity index (χ0n) is 15.9. The SMILES string of the molecule is CCOc1ccc(C(O)=C2C(=O)C(=O)N(c3nccs3)[C@H]2c2cccc(Cl)c2)cc1. The van der Waals surface area contributed by atoms with E-state index in [-0.39, 0.29) is 11.3 Å². The number of anilines is 1. The number of aliphatic hydroxyl groups excluding tert-OH is 1. The number of thiazole rings is 1. The number of ether oxygens (including phenoxy) is 1. The Balaban J connectivity index is 1.88. The van der Waals surface area contributed by atoms with Gasteiger partial charge < -0.3 is 9.84 Å². The number of carbonyl (C=O) groups is 2. The van der Waals surface area contributed by atoms with Gasteiger partial charge in [-0.15, -0.1) is 11.3 Å². The Hall–Kier alpha value is -3.16. The van der Waals surface area contributed by atoms with Gasteiger partial charge in [-0.25, -0.2) is 4.98 Å². The van der Waals surface area contributed by atoms with Crippen LogP contribution in [0, 0.1) is 0 Å². The molecule has 1 N–H and O–H groups in total. The molecule has 30 heavy (non-hydrogen) atoms. The fraction of sp³-hybridized carbons (Fsp3) is 0.136. The number of rotatable bonds is 5. The molecule has 0 radical (unpaired) electrons. The number of ketones is 1. The second-order valence-electron chi connectivity index (χ2n) is 6.50. The van der Waals surface area contributed by atoms with Gasteiger partial charge >= 0.3 is 5.91 Å². The predicted octanol–water partition coefficient (Wildman–Crippen LogP) is 4.82. The summed E-state index contributed by atoms with van der Waals surface area (Å²) in [6, 6.07) is 12.7. The van der Waals surface area contributed by atoms with E-state index in [1.54, 1.807) is 60.1 Å². The number of amides is 1. The summed E-state index contributed by atoms with van der Waals surface area (Å²) in [5.41, 5.74) is 0.994. The third-order valence-corrected chi connectivity index (χ3v) is 5.68. The number of Topliss-reactive ketones (excluding diaryl/α,β-unsaturated/α-hetero) is 1. The maximum atomic E-state index is 13.0. The van der Waals surface area contributed by atoms with Gasteiger partial charge in [0, 0.05) is 22.2 Å². The molecule has 1 aromatic heterocycles. The van der Waals surface area contributed by atoms with Gasteiger partial charge in [-0.3, -0.25) is 14.5 Å². The minimum atomic E-state index is -0.846. The number of carbonyl (C=O) groups excluding carboxylic acids is 2. The molecule has 0 unspecified atom stereocenters. The Bertz CT molecular complexity index is 1130. The molecule has 1 aliphatic rings. The first kappa shape index (κ1) is 20.1. The molecule has 0 bridgehead atoms. The molecule has 0 spiro atoms. The Morgan fingerprint density at radius 2 is 2.00 bits per heavy atom. The number of nitrogens with zero attached hydrogens (tertiary/aromatic N) is 2. The van der Waals surface area contributed by atoms with Gasteiger partial charge in [0.15, 0.2) is 5.13 Å². The van der Waals surface area contributed by atoms with Crippen LogP contribution in [-0.2, 0) is 9.59 Å². The van der Waals surface area contributed by atoms with Crippen LogP contribution < -0.4 is 9.64 Å². The number of hydrogen-bond donors (Lipinski definition) is 1. The molecule has 1 atom stereocenters. The van der Waals surface area contributed by atoms with Crippen LogP contribution in [0.2, 0.25) is 5.02 Å². The molecular weight excluding hydrogens is 424 g/mol. The van der Waals surface area contributed by atoms with E-state index >= 15 is 0 Å². The molecule has 1 saturated heterocycles. The Morgan fingerprint density at radius 3 is 2.63 bits per heavy atom. The van der Waals surface area contributed by atoms with E-state index in [2.05, 4.69) is 4.98 Å². The maximum absolute atomic E-state index is 13.0. The number of halogens is 1. The van der Waals surface area contributed by atoms with Crippen molar-refractivity contribution in [2.24, 2.45) is 0 Å². The highest BCUT2D eigenvalue weighted by Gasteiger charge is 2.48. The van der Waals surface area contributed by atoms with E-state index in [4.69, 9.17) is 16.3 Å². The Morgan fingerprint density at radius 1 is 1.23 bits per heavy atom. The maximum Gasteiger partial charge on any atom is 0.301 e. The topological polar surface area (TPSA) is 79.7 Å². The molecule has 1 fully saturated rings. The van der Waals surface area contributed by atoms with Crippen molar-refractivity contribution in [1.29, 1.82) is 0 Å². The fourth-order valence-corrected chi connectivity index (χ4v) is 4.25. The molecule has 2 heterocycles. The molecule has 0 aliphatic carbocycles. The summed E-state index contributed by atoms with van der Waals surface area (Å²) in [5, 5.41) is 13.6. The van der Waals surface area contributed by atoms with E-state index in [9.17, 15) is 14.7 Å². The minimum Gasteiger partial charge on any atom is -0.507 e. The molecule has 0 saturated carbocycles. The van der Waals surface area contributed by atoms with Crippen molar-refractivity contribution in [2.45, 2.75) is 13.0 Å². The zero-order valence-corrected chi connectivity index (χ0v) is 17.5. The molecule has 3 aromatic rings. The molecule has 1 aliphatic heterocycles. The summed E-state index contributed by atoms with van der Waals surface area (Å²) in [7, 11) is 0. The average molecular weight is 441 g/mol. The van der Waals surface area contributed by atoms with E-state index in [1.165, 1.54) is 16.2 Å². The van der Waals surface area contributed by atoms with Crippen LogP contribution in [0.3, 0.4) is 0 Å². The first-order chi connectivity index (χ1) is 14.5. The number of aromatic nitrogens is 1. The van der Waals surface area contributed by atoms with Crippen LogP contribution in [0.5, 0.6) is 5.75 Å². The summed E-state index contributed by atoms with van der Waals surface area (Å²) in [6.07, 6.45) is 1.56. The highest BCUT2D eigenvalue weighted by atomic mass is 35.5. The summed E-state index contributed by atoms with van der Waals surface area (Å²) in [6.45, 7) is 2.39. The lowest BCUT2D eigenvalue weighted by atomic mass is 9.95. The van der Waals surface area contributed by atoms with Crippen LogP contribution in [0.4, 0.5) is 5.13 Å². The van der Waals surface area contributed by atoms with Gasteiger partial charge in [0.1, 0.15) is 11.5 Å². The van der Waals surface area contributed by atoms with Gasteiger partial charge in [-0.05, 0) is 48.9 Å². The van der Waals surface area contributed by atoms with Crippen LogP contribution in [0.1, 0.15) is 24.1 Å². The van der Waals surface area contributed by atoms with Crippen LogP contribution in [0.25, 0.3) is 5.76 Å². The lowest BCUT2D eigenvalue weighted by Crippen LogP contribution is -2.29. The van der Waals surface area contributed by atoms with E-state index in [1.807, 2.05) is 6.92 Å². The summed E-state index contributed by atoms with van der Waals surface area (Å²) in [4.78, 5) is 31.4. The van der Waals surface area contributed by atoms with E-state index < -0.39 is 17.7 Å². The first-order valence-corrected chi connectivity index (χ1v) is 10.5. The number of aliphatic hydroxyl groups is 1. The molecule has 1 amide bonds. The number of benzene rings is 2. The van der Waals surface area contributed by atoms with Crippen molar-refractivity contribution in [3.8, 4) is 5.75 Å². The number of hydrogen-bond acceptors (Lipinski definition) is 6. The lowest BCUT2D eigenvalue weighted by molar-refractivity contribution is -0.132. The zero-order chi connectivity index (χ0) is 21.3. The summed E-state index contributed by atoms with van der Waals surface area (Å²) >= 11 is 7.40. The second kappa shape index (κ2) is 8.30. The molecule has 152 valence electrons. The van der Waals surface area contributed by atoms with Crippen molar-refractivity contribution in [2.75, 3.05) is 11.5 Å². The van der Waals surface area contributed by atoms with Crippen LogP contribution >= 0.6 is 22.9 Å². The third kappa shape index (κ3) is 3.58.